The lowest BCUT2D eigenvalue weighted by molar-refractivity contribution is 0.0195. The minimum absolute atomic E-state index is 0.134. The summed E-state index contributed by atoms with van der Waals surface area (Å²) >= 11 is 3.01. The van der Waals surface area contributed by atoms with Gasteiger partial charge in [0, 0.05) is 23.1 Å². The van der Waals surface area contributed by atoms with Gasteiger partial charge in [-0.05, 0) is 38.8 Å². The van der Waals surface area contributed by atoms with Crippen molar-refractivity contribution in [2.45, 2.75) is 51.3 Å². The van der Waals surface area contributed by atoms with E-state index in [2.05, 4.69) is 34.7 Å². The summed E-state index contributed by atoms with van der Waals surface area (Å²) in [5.41, 5.74) is 0. The van der Waals surface area contributed by atoms with E-state index in [1.54, 1.807) is 0 Å². The number of rotatable bonds is 5. The molecule has 0 aliphatic carbocycles. The second-order valence-corrected chi connectivity index (χ2v) is 6.90. The van der Waals surface area contributed by atoms with Gasteiger partial charge in [0.05, 0.1) is 0 Å². The molecule has 3 atom stereocenters. The van der Waals surface area contributed by atoms with Crippen molar-refractivity contribution in [1.29, 1.82) is 0 Å². The number of piperidine rings is 1. The predicted molar refractivity (Wildman–Crippen MR) is 85.0 cm³/mol. The molecule has 0 amide bonds. The van der Waals surface area contributed by atoms with Crippen LogP contribution in [-0.2, 0) is 0 Å². The van der Waals surface area contributed by atoms with Crippen molar-refractivity contribution in [3.8, 4) is 5.75 Å². The quantitative estimate of drug-likeness (QED) is 0.848. The standard InChI is InChI=1S/C16H22BrF2NO2/c1-10-4-3-5-11(2)20(10)8-13(21)9-22-16-14(18)6-12(17)7-15(16)19/h6-7,10-11,13,21H,3-5,8-9H2,1-2H3/t10-,11+,13-/m1/s1. The zero-order chi connectivity index (χ0) is 16.3. The molecule has 0 saturated carbocycles. The molecule has 0 unspecified atom stereocenters. The van der Waals surface area contributed by atoms with Gasteiger partial charge in [0.25, 0.3) is 0 Å². The van der Waals surface area contributed by atoms with Gasteiger partial charge >= 0.3 is 0 Å². The summed E-state index contributed by atoms with van der Waals surface area (Å²) in [6.45, 7) is 4.59. The molecule has 1 aromatic carbocycles. The fraction of sp³-hybridized carbons (Fsp3) is 0.625. The lowest BCUT2D eigenvalue weighted by atomic mass is 9.97. The van der Waals surface area contributed by atoms with Crippen molar-refractivity contribution in [1.82, 2.24) is 4.90 Å². The highest BCUT2D eigenvalue weighted by Crippen LogP contribution is 2.26. The number of likely N-dealkylation sites (tertiary alicyclic amines) is 1. The van der Waals surface area contributed by atoms with Gasteiger partial charge in [-0.2, -0.15) is 0 Å². The van der Waals surface area contributed by atoms with Crippen LogP contribution >= 0.6 is 15.9 Å². The van der Waals surface area contributed by atoms with Gasteiger partial charge < -0.3 is 9.84 Å². The monoisotopic (exact) mass is 377 g/mol. The van der Waals surface area contributed by atoms with Crippen molar-refractivity contribution in [2.75, 3.05) is 13.2 Å². The molecule has 1 aromatic rings. The maximum atomic E-state index is 13.7. The summed E-state index contributed by atoms with van der Waals surface area (Å²) in [7, 11) is 0. The number of ether oxygens (including phenoxy) is 1. The average molecular weight is 378 g/mol. The first kappa shape index (κ1) is 17.6. The van der Waals surface area contributed by atoms with Crippen LogP contribution in [0.1, 0.15) is 33.1 Å². The summed E-state index contributed by atoms with van der Waals surface area (Å²) in [6, 6.07) is 3.08. The number of hydrogen-bond donors (Lipinski definition) is 1. The average Bonchev–Trinajstić information content (AvgIpc) is 2.42. The van der Waals surface area contributed by atoms with Crippen LogP contribution in [-0.4, -0.2) is 41.3 Å². The largest absolute Gasteiger partial charge is 0.485 e. The van der Waals surface area contributed by atoms with E-state index in [0.717, 1.165) is 25.0 Å². The summed E-state index contributed by atoms with van der Waals surface area (Å²) in [5.74, 6) is -2.00. The number of hydrogen-bond acceptors (Lipinski definition) is 3. The van der Waals surface area contributed by atoms with Crippen molar-refractivity contribution in [2.24, 2.45) is 0 Å². The molecule has 22 heavy (non-hydrogen) atoms. The molecule has 1 heterocycles. The van der Waals surface area contributed by atoms with Gasteiger partial charge in [0.2, 0.25) is 0 Å². The Morgan fingerprint density at radius 3 is 2.36 bits per heavy atom. The van der Waals surface area contributed by atoms with E-state index in [0.29, 0.717) is 23.1 Å². The van der Waals surface area contributed by atoms with E-state index in [-0.39, 0.29) is 6.61 Å². The number of nitrogens with zero attached hydrogens (tertiary/aromatic N) is 1. The maximum absolute atomic E-state index is 13.7. The van der Waals surface area contributed by atoms with Crippen molar-refractivity contribution in [3.05, 3.63) is 28.2 Å². The van der Waals surface area contributed by atoms with Crippen LogP contribution in [0.5, 0.6) is 5.75 Å². The molecule has 3 nitrogen and oxygen atoms in total. The Bertz CT molecular complexity index is 482. The second-order valence-electron chi connectivity index (χ2n) is 5.99. The number of benzene rings is 1. The highest BCUT2D eigenvalue weighted by molar-refractivity contribution is 9.10. The number of aliphatic hydroxyl groups is 1. The Morgan fingerprint density at radius 1 is 1.27 bits per heavy atom. The Morgan fingerprint density at radius 2 is 1.82 bits per heavy atom. The van der Waals surface area contributed by atoms with E-state index < -0.39 is 23.5 Å². The second kappa shape index (κ2) is 7.70. The minimum atomic E-state index is -0.787. The fourth-order valence-corrected chi connectivity index (χ4v) is 3.38. The molecular weight excluding hydrogens is 356 g/mol. The summed E-state index contributed by atoms with van der Waals surface area (Å²) in [4.78, 5) is 2.23. The molecule has 0 aromatic heterocycles. The SMILES string of the molecule is C[C@@H]1CCC[C@H](C)N1C[C@@H](O)COc1c(F)cc(Br)cc1F. The van der Waals surface area contributed by atoms with E-state index in [1.165, 1.54) is 6.42 Å². The molecule has 2 rings (SSSR count). The Hall–Kier alpha value is -0.720. The van der Waals surface area contributed by atoms with Gasteiger partial charge in [-0.25, -0.2) is 8.78 Å². The van der Waals surface area contributed by atoms with Crippen LogP contribution in [0.15, 0.2) is 16.6 Å². The van der Waals surface area contributed by atoms with E-state index in [9.17, 15) is 13.9 Å². The van der Waals surface area contributed by atoms with Crippen molar-refractivity contribution < 1.29 is 18.6 Å². The van der Waals surface area contributed by atoms with Gasteiger partial charge in [-0.3, -0.25) is 4.90 Å². The third kappa shape index (κ3) is 4.40. The number of β-amino-alcohol motifs (C(OH)–C–C–N with tert-alkyl or cyclic N) is 1. The highest BCUT2D eigenvalue weighted by Gasteiger charge is 2.26. The van der Waals surface area contributed by atoms with E-state index in [1.807, 2.05) is 0 Å². The Kier molecular flexibility index (Phi) is 6.17. The van der Waals surface area contributed by atoms with Crippen LogP contribution in [0.2, 0.25) is 0 Å². The molecule has 6 heteroatoms. The summed E-state index contributed by atoms with van der Waals surface area (Å²) in [6.07, 6.45) is 2.62. The third-order valence-corrected chi connectivity index (χ3v) is 4.64. The van der Waals surface area contributed by atoms with Gasteiger partial charge in [-0.15, -0.1) is 0 Å². The zero-order valence-electron chi connectivity index (χ0n) is 12.9. The first-order chi connectivity index (χ1) is 10.4. The lowest BCUT2D eigenvalue weighted by Gasteiger charge is -2.40. The fourth-order valence-electron chi connectivity index (χ4n) is 2.98. The number of halogens is 3. The maximum Gasteiger partial charge on any atom is 0.190 e. The van der Waals surface area contributed by atoms with Crippen molar-refractivity contribution in [3.63, 3.8) is 0 Å². The summed E-state index contributed by atoms with van der Waals surface area (Å²) in [5, 5.41) is 10.1. The molecule has 0 spiro atoms. The summed E-state index contributed by atoms with van der Waals surface area (Å²) < 4.78 is 32.8. The molecule has 1 saturated heterocycles. The Balaban J connectivity index is 1.91. The highest BCUT2D eigenvalue weighted by atomic mass is 79.9. The molecule has 1 N–H and O–H groups in total. The van der Waals surface area contributed by atoms with Gasteiger partial charge in [-0.1, -0.05) is 22.4 Å². The molecule has 124 valence electrons. The molecule has 0 bridgehead atoms. The minimum Gasteiger partial charge on any atom is -0.485 e. The van der Waals surface area contributed by atoms with E-state index >= 15 is 0 Å². The first-order valence-electron chi connectivity index (χ1n) is 7.59. The lowest BCUT2D eigenvalue weighted by Crippen LogP contribution is -2.48. The van der Waals surface area contributed by atoms with Crippen molar-refractivity contribution >= 4 is 15.9 Å². The molecule has 0 radical (unpaired) electrons. The Labute approximate surface area is 138 Å². The van der Waals surface area contributed by atoms with Crippen LogP contribution in [0, 0.1) is 11.6 Å². The molecular formula is C16H22BrF2NO2. The van der Waals surface area contributed by atoms with Gasteiger partial charge in [0.1, 0.15) is 12.7 Å². The first-order valence-corrected chi connectivity index (χ1v) is 8.39. The number of aliphatic hydroxyl groups excluding tert-OH is 1. The van der Waals surface area contributed by atoms with Crippen LogP contribution in [0.25, 0.3) is 0 Å². The topological polar surface area (TPSA) is 32.7 Å². The predicted octanol–water partition coefficient (Wildman–Crippen LogP) is 3.73. The van der Waals surface area contributed by atoms with E-state index in [4.69, 9.17) is 4.74 Å². The molecule has 1 fully saturated rings. The zero-order valence-corrected chi connectivity index (χ0v) is 14.4. The molecule has 1 aliphatic rings. The van der Waals surface area contributed by atoms with Gasteiger partial charge in [0.15, 0.2) is 17.4 Å². The normalized spacial score (nSPS) is 24.3. The van der Waals surface area contributed by atoms with Crippen LogP contribution in [0.3, 0.4) is 0 Å². The smallest absolute Gasteiger partial charge is 0.190 e. The van der Waals surface area contributed by atoms with Crippen LogP contribution < -0.4 is 4.74 Å². The third-order valence-electron chi connectivity index (χ3n) is 4.18. The molecule has 1 aliphatic heterocycles. The van der Waals surface area contributed by atoms with Crippen LogP contribution in [0.4, 0.5) is 8.78 Å².